The highest BCUT2D eigenvalue weighted by Crippen LogP contribution is 2.44. The van der Waals surface area contributed by atoms with Gasteiger partial charge in [-0.2, -0.15) is 0 Å². The zero-order valence-electron chi connectivity index (χ0n) is 11.4. The minimum absolute atomic E-state index is 0.0843. The van der Waals surface area contributed by atoms with Crippen LogP contribution < -0.4 is 0 Å². The largest absolute Gasteiger partial charge is 0.462 e. The Balaban J connectivity index is 1.74. The van der Waals surface area contributed by atoms with Crippen molar-refractivity contribution >= 4 is 5.97 Å². The summed E-state index contributed by atoms with van der Waals surface area (Å²) >= 11 is 0. The van der Waals surface area contributed by atoms with Crippen molar-refractivity contribution in [3.63, 3.8) is 0 Å². The number of carbonyl (C=O) groups excluding carboxylic acids is 1. The summed E-state index contributed by atoms with van der Waals surface area (Å²) in [5.41, 5.74) is 0. The smallest absolute Gasteiger partial charge is 0.302 e. The monoisotopic (exact) mass is 251 g/mol. The van der Waals surface area contributed by atoms with E-state index < -0.39 is 0 Å². The summed E-state index contributed by atoms with van der Waals surface area (Å²) < 4.78 is 5.68. The maximum atomic E-state index is 11.3. The Morgan fingerprint density at radius 3 is 2.56 bits per heavy atom. The lowest BCUT2D eigenvalue weighted by atomic mass is 9.67. The van der Waals surface area contributed by atoms with Gasteiger partial charge in [0.05, 0.1) is 0 Å². The molecule has 3 fully saturated rings. The van der Waals surface area contributed by atoms with Crippen LogP contribution in [0, 0.1) is 11.8 Å². The number of hydrogen-bond donors (Lipinski definition) is 0. The van der Waals surface area contributed by atoms with Gasteiger partial charge in [-0.05, 0) is 57.5 Å². The Hall–Kier alpha value is -0.570. The molecule has 4 atom stereocenters. The number of nitrogens with zero attached hydrogens (tertiary/aromatic N) is 1. The number of ether oxygens (including phenoxy) is 1. The molecule has 0 aromatic rings. The third kappa shape index (κ3) is 2.29. The molecule has 0 aromatic heterocycles. The minimum atomic E-state index is -0.0843. The van der Waals surface area contributed by atoms with Gasteiger partial charge in [0.2, 0.25) is 0 Å². The van der Waals surface area contributed by atoms with Gasteiger partial charge in [0.15, 0.2) is 0 Å². The summed E-state index contributed by atoms with van der Waals surface area (Å²) in [6.45, 7) is 4.09. The second-order valence-electron chi connectivity index (χ2n) is 6.32. The van der Waals surface area contributed by atoms with Crippen LogP contribution in [0.5, 0.6) is 0 Å². The van der Waals surface area contributed by atoms with E-state index in [4.69, 9.17) is 4.74 Å². The van der Waals surface area contributed by atoms with E-state index in [1.54, 1.807) is 6.92 Å². The highest BCUT2D eigenvalue weighted by Gasteiger charge is 2.45. The van der Waals surface area contributed by atoms with Crippen LogP contribution in [0.4, 0.5) is 0 Å². The van der Waals surface area contributed by atoms with Crippen molar-refractivity contribution in [2.75, 3.05) is 13.1 Å². The Labute approximate surface area is 110 Å². The van der Waals surface area contributed by atoms with Gasteiger partial charge >= 0.3 is 5.97 Å². The van der Waals surface area contributed by atoms with Crippen LogP contribution in [0.3, 0.4) is 0 Å². The highest BCUT2D eigenvalue weighted by molar-refractivity contribution is 5.66. The van der Waals surface area contributed by atoms with Crippen molar-refractivity contribution in [1.29, 1.82) is 0 Å². The van der Waals surface area contributed by atoms with Gasteiger partial charge in [-0.25, -0.2) is 0 Å². The molecule has 2 aliphatic carbocycles. The van der Waals surface area contributed by atoms with E-state index in [0.29, 0.717) is 17.9 Å². The second-order valence-corrected chi connectivity index (χ2v) is 6.32. The molecule has 18 heavy (non-hydrogen) atoms. The number of hydrogen-bond acceptors (Lipinski definition) is 3. The predicted octanol–water partition coefficient (Wildman–Crippen LogP) is 2.59. The molecular weight excluding hydrogens is 226 g/mol. The molecule has 3 rings (SSSR count). The maximum Gasteiger partial charge on any atom is 0.302 e. The van der Waals surface area contributed by atoms with Crippen molar-refractivity contribution < 1.29 is 9.53 Å². The molecule has 0 amide bonds. The van der Waals surface area contributed by atoms with E-state index >= 15 is 0 Å². The third-order valence-corrected chi connectivity index (χ3v) is 5.24. The molecule has 0 radical (unpaired) electrons. The van der Waals surface area contributed by atoms with Gasteiger partial charge in [0.25, 0.3) is 0 Å². The Morgan fingerprint density at radius 2 is 1.83 bits per heavy atom. The van der Waals surface area contributed by atoms with Gasteiger partial charge in [-0.3, -0.25) is 9.69 Å². The van der Waals surface area contributed by atoms with Crippen LogP contribution in [-0.4, -0.2) is 36.1 Å². The number of fused-ring (bicyclic) bond motifs is 2. The molecule has 1 heterocycles. The predicted molar refractivity (Wildman–Crippen MR) is 70.2 cm³/mol. The number of rotatable bonds is 2. The summed E-state index contributed by atoms with van der Waals surface area (Å²) in [6, 6.07) is 0.688. The van der Waals surface area contributed by atoms with E-state index in [1.165, 1.54) is 58.0 Å². The molecule has 2 bridgehead atoms. The third-order valence-electron chi connectivity index (χ3n) is 5.24. The molecular formula is C15H25NO2. The minimum Gasteiger partial charge on any atom is -0.462 e. The van der Waals surface area contributed by atoms with Crippen molar-refractivity contribution in [1.82, 2.24) is 4.90 Å². The average molecular weight is 251 g/mol. The number of likely N-dealkylation sites (tertiary alicyclic amines) is 1. The molecule has 2 saturated carbocycles. The lowest BCUT2D eigenvalue weighted by molar-refractivity contribution is -0.161. The maximum absolute atomic E-state index is 11.3. The van der Waals surface area contributed by atoms with Crippen LogP contribution in [-0.2, 0) is 9.53 Å². The first kappa shape index (κ1) is 12.5. The Morgan fingerprint density at radius 1 is 1.06 bits per heavy atom. The molecule has 1 saturated heterocycles. The molecule has 3 aliphatic rings. The van der Waals surface area contributed by atoms with Crippen molar-refractivity contribution in [3.05, 3.63) is 0 Å². The second kappa shape index (κ2) is 5.20. The van der Waals surface area contributed by atoms with Crippen LogP contribution in [0.15, 0.2) is 0 Å². The van der Waals surface area contributed by atoms with Gasteiger partial charge in [-0.1, -0.05) is 6.42 Å². The molecule has 0 N–H and O–H groups in total. The summed E-state index contributed by atoms with van der Waals surface area (Å²) in [7, 11) is 0. The number of carbonyl (C=O) groups is 1. The van der Waals surface area contributed by atoms with E-state index in [-0.39, 0.29) is 12.1 Å². The average Bonchev–Trinajstić information content (AvgIpc) is 2.81. The van der Waals surface area contributed by atoms with Gasteiger partial charge < -0.3 is 4.74 Å². The molecule has 3 nitrogen and oxygen atoms in total. The Bertz CT molecular complexity index is 312. The van der Waals surface area contributed by atoms with Gasteiger partial charge in [-0.15, -0.1) is 0 Å². The van der Waals surface area contributed by atoms with Gasteiger partial charge in [0.1, 0.15) is 6.10 Å². The highest BCUT2D eigenvalue weighted by atomic mass is 16.5. The summed E-state index contributed by atoms with van der Waals surface area (Å²) in [5, 5.41) is 0. The van der Waals surface area contributed by atoms with Gasteiger partial charge in [0, 0.05) is 18.9 Å². The van der Waals surface area contributed by atoms with Crippen LogP contribution in [0.25, 0.3) is 0 Å². The molecule has 0 unspecified atom stereocenters. The number of esters is 1. The molecule has 3 heteroatoms. The summed E-state index contributed by atoms with van der Waals surface area (Å²) in [6.07, 6.45) is 9.36. The molecule has 102 valence electrons. The standard InChI is InChI=1S/C15H25NO2/c1-11(17)18-15-12-5-4-6-13(15)14(8-7-12)16-9-2-3-10-16/h12-15H,2-10H2,1H3/t12-,13-,14-,15-/m0/s1. The summed E-state index contributed by atoms with van der Waals surface area (Å²) in [5.74, 6) is 1.17. The fourth-order valence-electron chi connectivity index (χ4n) is 4.51. The quantitative estimate of drug-likeness (QED) is 0.707. The van der Waals surface area contributed by atoms with Crippen molar-refractivity contribution in [3.8, 4) is 0 Å². The van der Waals surface area contributed by atoms with Crippen LogP contribution in [0.2, 0.25) is 0 Å². The van der Waals surface area contributed by atoms with Crippen LogP contribution in [0.1, 0.15) is 51.9 Å². The molecule has 0 aromatic carbocycles. The topological polar surface area (TPSA) is 29.5 Å². The van der Waals surface area contributed by atoms with Crippen molar-refractivity contribution in [2.45, 2.75) is 64.0 Å². The zero-order chi connectivity index (χ0) is 12.5. The first-order valence-corrected chi connectivity index (χ1v) is 7.67. The SMILES string of the molecule is CC(=O)O[C@H]1[C@H]2CCC[C@H]1[C@@H](N1CCCC1)CC2. The first-order valence-electron chi connectivity index (χ1n) is 7.67. The molecule has 0 spiro atoms. The lowest BCUT2D eigenvalue weighted by Gasteiger charge is -2.48. The lowest BCUT2D eigenvalue weighted by Crippen LogP contribution is -2.52. The van der Waals surface area contributed by atoms with E-state index in [9.17, 15) is 4.79 Å². The first-order chi connectivity index (χ1) is 8.75. The fourth-order valence-corrected chi connectivity index (χ4v) is 4.51. The zero-order valence-corrected chi connectivity index (χ0v) is 11.4. The summed E-state index contributed by atoms with van der Waals surface area (Å²) in [4.78, 5) is 14.0. The Kier molecular flexibility index (Phi) is 3.60. The molecule has 1 aliphatic heterocycles. The normalized spacial score (nSPS) is 40.7. The van der Waals surface area contributed by atoms with Crippen LogP contribution >= 0.6 is 0 Å². The van der Waals surface area contributed by atoms with E-state index in [2.05, 4.69) is 4.90 Å². The van der Waals surface area contributed by atoms with E-state index in [0.717, 1.165) is 0 Å². The van der Waals surface area contributed by atoms with E-state index in [1.807, 2.05) is 0 Å². The van der Waals surface area contributed by atoms with Crippen molar-refractivity contribution in [2.24, 2.45) is 11.8 Å². The fraction of sp³-hybridized carbons (Fsp3) is 0.933.